The third-order valence-electron chi connectivity index (χ3n) is 8.34. The van der Waals surface area contributed by atoms with Crippen LogP contribution in [0.3, 0.4) is 0 Å². The summed E-state index contributed by atoms with van der Waals surface area (Å²) in [6.07, 6.45) is 2.89. The fourth-order valence-electron chi connectivity index (χ4n) is 5.80. The summed E-state index contributed by atoms with van der Waals surface area (Å²) in [7, 11) is 0. The molecule has 3 aromatic rings. The Bertz CT molecular complexity index is 1650. The number of aliphatic hydroxyl groups excluding tert-OH is 1. The van der Waals surface area contributed by atoms with E-state index in [0.717, 1.165) is 5.56 Å². The number of ether oxygens (including phenoxy) is 1. The molecular formula is C40H58N8O7. The number of hydrogen-bond acceptors (Lipinski definition) is 9. The summed E-state index contributed by atoms with van der Waals surface area (Å²) in [5.41, 5.74) is 1.18. The Morgan fingerprint density at radius 3 is 2.04 bits per heavy atom. The summed E-state index contributed by atoms with van der Waals surface area (Å²) in [5.74, 6) is -2.10. The zero-order chi connectivity index (χ0) is 40.5. The second-order valence-electron chi connectivity index (χ2n) is 15.5. The molecule has 15 heteroatoms. The number of imidazole rings is 1. The lowest BCUT2D eigenvalue weighted by atomic mass is 9.96. The molecular weight excluding hydrogens is 704 g/mol. The molecule has 0 fully saturated rings. The zero-order valence-electron chi connectivity index (χ0n) is 32.9. The molecule has 3 rings (SSSR count). The van der Waals surface area contributed by atoms with Gasteiger partial charge in [0.1, 0.15) is 23.7 Å². The van der Waals surface area contributed by atoms with Crippen LogP contribution in [0.2, 0.25) is 0 Å². The highest BCUT2D eigenvalue weighted by Gasteiger charge is 2.33. The number of aromatic amines is 1. The molecule has 2 heterocycles. The van der Waals surface area contributed by atoms with Crippen LogP contribution in [-0.4, -0.2) is 85.7 Å². The molecule has 0 saturated heterocycles. The number of H-pyrrole nitrogens is 1. The normalized spacial score (nSPS) is 14.2. The summed E-state index contributed by atoms with van der Waals surface area (Å²) < 4.78 is 5.42. The average Bonchev–Trinajstić information content (AvgIpc) is 3.62. The van der Waals surface area contributed by atoms with Crippen LogP contribution in [0, 0.1) is 11.8 Å². The van der Waals surface area contributed by atoms with Gasteiger partial charge in [0.2, 0.25) is 23.6 Å². The fraction of sp³-hybridized carbons (Fsp3) is 0.525. The van der Waals surface area contributed by atoms with E-state index in [1.807, 2.05) is 64.1 Å². The first kappa shape index (κ1) is 44.1. The van der Waals surface area contributed by atoms with Gasteiger partial charge in [0.05, 0.1) is 37.1 Å². The number of alkyl carbamates (subject to hydrolysis) is 1. The van der Waals surface area contributed by atoms with E-state index in [1.165, 1.54) is 12.5 Å². The van der Waals surface area contributed by atoms with Gasteiger partial charge in [-0.25, -0.2) is 9.78 Å². The SMILES string of the molecule is CC(C)CC(NC(=O)[C@H](Cc1cnc[nH]1)NC(=O)[C@H](Cc1ccccc1)NC(=O)OC(C)(C)C)C(O)CC(=O)N[C@@H](CC(C)C)C(=O)NCc1ccccn1. The molecule has 0 aliphatic carbocycles. The van der Waals surface area contributed by atoms with Gasteiger partial charge in [-0.05, 0) is 63.1 Å². The lowest BCUT2D eigenvalue weighted by Crippen LogP contribution is -2.58. The van der Waals surface area contributed by atoms with E-state index in [4.69, 9.17) is 4.74 Å². The predicted molar refractivity (Wildman–Crippen MR) is 207 cm³/mol. The predicted octanol–water partition coefficient (Wildman–Crippen LogP) is 3.10. The number of nitrogens with one attached hydrogen (secondary N) is 6. The number of benzene rings is 1. The van der Waals surface area contributed by atoms with Gasteiger partial charge in [-0.1, -0.05) is 64.1 Å². The Morgan fingerprint density at radius 1 is 0.782 bits per heavy atom. The van der Waals surface area contributed by atoms with Crippen molar-refractivity contribution in [2.75, 3.05) is 0 Å². The average molecular weight is 763 g/mol. The molecule has 5 atom stereocenters. The van der Waals surface area contributed by atoms with Crippen LogP contribution < -0.4 is 26.6 Å². The number of amides is 5. The van der Waals surface area contributed by atoms with Gasteiger partial charge in [0, 0.05) is 30.9 Å². The lowest BCUT2D eigenvalue weighted by molar-refractivity contribution is -0.132. The van der Waals surface area contributed by atoms with Crippen molar-refractivity contribution in [2.24, 2.45) is 11.8 Å². The number of nitrogens with zero attached hydrogens (tertiary/aromatic N) is 2. The first-order valence-corrected chi connectivity index (χ1v) is 18.8. The first-order valence-electron chi connectivity index (χ1n) is 18.8. The molecule has 2 aromatic heterocycles. The van der Waals surface area contributed by atoms with Crippen LogP contribution in [0.5, 0.6) is 0 Å². The summed E-state index contributed by atoms with van der Waals surface area (Å²) in [6.45, 7) is 13.0. The van der Waals surface area contributed by atoms with Gasteiger partial charge in [0.15, 0.2) is 0 Å². The molecule has 0 spiro atoms. The van der Waals surface area contributed by atoms with Crippen molar-refractivity contribution in [3.63, 3.8) is 0 Å². The quantitative estimate of drug-likeness (QED) is 0.0899. The summed E-state index contributed by atoms with van der Waals surface area (Å²) >= 11 is 0. The summed E-state index contributed by atoms with van der Waals surface area (Å²) in [5, 5.41) is 25.2. The van der Waals surface area contributed by atoms with E-state index in [9.17, 15) is 29.1 Å². The largest absolute Gasteiger partial charge is 0.444 e. The maximum absolute atomic E-state index is 14.0. The van der Waals surface area contributed by atoms with Crippen LogP contribution in [0.25, 0.3) is 0 Å². The van der Waals surface area contributed by atoms with Gasteiger partial charge in [-0.15, -0.1) is 0 Å². The van der Waals surface area contributed by atoms with E-state index in [1.54, 1.807) is 39.1 Å². The fourth-order valence-corrected chi connectivity index (χ4v) is 5.80. The van der Waals surface area contributed by atoms with Crippen LogP contribution in [-0.2, 0) is 43.3 Å². The van der Waals surface area contributed by atoms with Crippen LogP contribution in [0.1, 0.15) is 84.7 Å². The second kappa shape index (κ2) is 21.5. The Kier molecular flexibility index (Phi) is 17.3. The van der Waals surface area contributed by atoms with Crippen LogP contribution in [0.4, 0.5) is 4.79 Å². The zero-order valence-corrected chi connectivity index (χ0v) is 32.9. The minimum absolute atomic E-state index is 0.00278. The molecule has 0 bridgehead atoms. The van der Waals surface area contributed by atoms with Gasteiger partial charge >= 0.3 is 6.09 Å². The number of rotatable bonds is 20. The van der Waals surface area contributed by atoms with Gasteiger partial charge < -0.3 is 41.4 Å². The summed E-state index contributed by atoms with van der Waals surface area (Å²) in [6, 6.07) is 10.5. The van der Waals surface area contributed by atoms with Crippen molar-refractivity contribution in [2.45, 2.75) is 123 Å². The highest BCUT2D eigenvalue weighted by molar-refractivity contribution is 5.92. The van der Waals surface area contributed by atoms with Crippen LogP contribution in [0.15, 0.2) is 67.3 Å². The van der Waals surface area contributed by atoms with E-state index in [-0.39, 0.29) is 37.1 Å². The highest BCUT2D eigenvalue weighted by atomic mass is 16.6. The molecule has 1 aromatic carbocycles. The number of pyridine rings is 1. The molecule has 0 aliphatic rings. The molecule has 2 unspecified atom stereocenters. The van der Waals surface area contributed by atoms with Crippen molar-refractivity contribution in [1.29, 1.82) is 0 Å². The monoisotopic (exact) mass is 762 g/mol. The number of carbonyl (C=O) groups excluding carboxylic acids is 5. The topological polar surface area (TPSA) is 217 Å². The van der Waals surface area contributed by atoms with E-state index in [2.05, 4.69) is 41.5 Å². The first-order chi connectivity index (χ1) is 26.0. The molecule has 7 N–H and O–H groups in total. The van der Waals surface area contributed by atoms with Crippen molar-refractivity contribution in [1.82, 2.24) is 41.5 Å². The summed E-state index contributed by atoms with van der Waals surface area (Å²) in [4.78, 5) is 78.3. The van der Waals surface area contributed by atoms with Gasteiger partial charge in [0.25, 0.3) is 0 Å². The van der Waals surface area contributed by atoms with Gasteiger partial charge in [-0.3, -0.25) is 24.2 Å². The third kappa shape index (κ3) is 16.7. The highest BCUT2D eigenvalue weighted by Crippen LogP contribution is 2.14. The molecule has 5 amide bonds. The Balaban J connectivity index is 1.76. The molecule has 15 nitrogen and oxygen atoms in total. The molecule has 0 radical (unpaired) electrons. The van der Waals surface area contributed by atoms with Crippen LogP contribution >= 0.6 is 0 Å². The Morgan fingerprint density at radius 2 is 1.44 bits per heavy atom. The molecule has 0 aliphatic heterocycles. The Hall–Kier alpha value is -5.31. The Labute approximate surface area is 323 Å². The van der Waals surface area contributed by atoms with E-state index in [0.29, 0.717) is 24.2 Å². The lowest BCUT2D eigenvalue weighted by Gasteiger charge is -2.29. The molecule has 55 heavy (non-hydrogen) atoms. The minimum Gasteiger partial charge on any atom is -0.444 e. The number of hydrogen-bond donors (Lipinski definition) is 7. The van der Waals surface area contributed by atoms with Crippen molar-refractivity contribution in [3.8, 4) is 0 Å². The molecule has 300 valence electrons. The smallest absolute Gasteiger partial charge is 0.408 e. The van der Waals surface area contributed by atoms with Crippen molar-refractivity contribution in [3.05, 3.63) is 84.2 Å². The van der Waals surface area contributed by atoms with E-state index >= 15 is 0 Å². The maximum Gasteiger partial charge on any atom is 0.408 e. The maximum atomic E-state index is 14.0. The molecule has 0 saturated carbocycles. The number of carbonyl (C=O) groups is 5. The number of aromatic nitrogens is 3. The standard InChI is InChI=1S/C40H58N8O7/c1-25(2)17-30(34(49)21-35(50)45-31(18-26(3)4)36(51)43-23-28-15-11-12-16-42-28)46-38(53)33(20-29-22-41-24-44-29)47-37(52)32(19-27-13-9-8-10-14-27)48-39(54)55-40(5,6)7/h8-16,22,24-26,30-34,49H,17-21,23H2,1-7H3,(H,41,44)(H,43,51)(H,45,50)(H,46,53)(H,47,52)(H,48,54)/t30?,31-,32-,33-,34?/m0/s1. The number of aliphatic hydroxyl groups is 1. The van der Waals surface area contributed by atoms with Crippen molar-refractivity contribution < 1.29 is 33.8 Å². The van der Waals surface area contributed by atoms with Gasteiger partial charge in [-0.2, -0.15) is 0 Å². The van der Waals surface area contributed by atoms with E-state index < -0.39 is 66.1 Å². The third-order valence-corrected chi connectivity index (χ3v) is 8.34. The minimum atomic E-state index is -1.33. The van der Waals surface area contributed by atoms with Crippen molar-refractivity contribution >= 4 is 29.7 Å². The second-order valence-corrected chi connectivity index (χ2v) is 15.5.